The van der Waals surface area contributed by atoms with Crippen molar-refractivity contribution in [1.82, 2.24) is 5.32 Å². The Kier molecular flexibility index (Phi) is 6.38. The normalized spacial score (nSPS) is 13.2. The quantitative estimate of drug-likeness (QED) is 0.820. The number of nitrogens with one attached hydrogen (secondary N) is 1. The van der Waals surface area contributed by atoms with Crippen molar-refractivity contribution in [2.75, 3.05) is 7.11 Å². The lowest BCUT2D eigenvalue weighted by atomic mass is 9.99. The number of hydrogen-bond acceptors (Lipinski definition) is 3. The molecule has 0 aromatic heterocycles. The number of amides is 1. The molecule has 2 atom stereocenters. The molecular weight excluding hydrogens is 300 g/mol. The Bertz CT molecular complexity index is 650. The van der Waals surface area contributed by atoms with Gasteiger partial charge in [-0.25, -0.2) is 0 Å². The predicted octanol–water partition coefficient (Wildman–Crippen LogP) is 3.35. The highest BCUT2D eigenvalue weighted by atomic mass is 16.5. The molecule has 0 aliphatic rings. The van der Waals surface area contributed by atoms with Crippen LogP contribution in [-0.4, -0.2) is 19.1 Å². The van der Waals surface area contributed by atoms with E-state index >= 15 is 0 Å². The zero-order valence-electron chi connectivity index (χ0n) is 14.6. The van der Waals surface area contributed by atoms with E-state index in [0.717, 1.165) is 28.9 Å². The molecule has 0 saturated carbocycles. The van der Waals surface area contributed by atoms with Crippen molar-refractivity contribution in [2.45, 2.75) is 32.9 Å². The van der Waals surface area contributed by atoms with Crippen molar-refractivity contribution in [1.29, 1.82) is 0 Å². The summed E-state index contributed by atoms with van der Waals surface area (Å²) in [7, 11) is 1.66. The van der Waals surface area contributed by atoms with E-state index in [1.807, 2.05) is 50.2 Å². The van der Waals surface area contributed by atoms with Gasteiger partial charge < -0.3 is 15.8 Å². The molecule has 0 heterocycles. The van der Waals surface area contributed by atoms with E-state index < -0.39 is 6.04 Å². The van der Waals surface area contributed by atoms with Crippen molar-refractivity contribution in [2.24, 2.45) is 11.7 Å². The Morgan fingerprint density at radius 2 is 1.62 bits per heavy atom. The highest BCUT2D eigenvalue weighted by molar-refractivity contribution is 5.81. The molecular formula is C20H26N2O2. The molecule has 2 aromatic carbocycles. The minimum absolute atomic E-state index is 0.0939. The maximum Gasteiger partial charge on any atom is 0.237 e. The second-order valence-corrected chi connectivity index (χ2v) is 6.05. The molecule has 24 heavy (non-hydrogen) atoms. The summed E-state index contributed by atoms with van der Waals surface area (Å²) >= 11 is 0. The fraction of sp³-hybridized carbons (Fsp3) is 0.350. The Hall–Kier alpha value is -2.33. The molecule has 0 aliphatic carbocycles. The lowest BCUT2D eigenvalue weighted by molar-refractivity contribution is -0.123. The minimum atomic E-state index is -0.450. The molecule has 2 rings (SSSR count). The molecule has 0 aliphatic heterocycles. The van der Waals surface area contributed by atoms with Crippen LogP contribution in [-0.2, 0) is 11.3 Å². The average Bonchev–Trinajstić information content (AvgIpc) is 2.65. The summed E-state index contributed by atoms with van der Waals surface area (Å²) < 4.78 is 5.17. The first-order chi connectivity index (χ1) is 11.5. The summed E-state index contributed by atoms with van der Waals surface area (Å²) in [6.07, 6.45) is 0.894. The van der Waals surface area contributed by atoms with Crippen LogP contribution < -0.4 is 15.8 Å². The molecule has 128 valence electrons. The number of rotatable bonds is 7. The molecule has 4 nitrogen and oxygen atoms in total. The van der Waals surface area contributed by atoms with Crippen LogP contribution in [0.5, 0.6) is 5.75 Å². The third-order valence-corrected chi connectivity index (χ3v) is 4.40. The Labute approximate surface area is 144 Å². The monoisotopic (exact) mass is 326 g/mol. The first-order valence-corrected chi connectivity index (χ1v) is 8.31. The SMILES string of the molecule is CCC(C)C(N)C(=O)NCc1ccc(-c2ccc(OC)cc2)cc1. The first kappa shape index (κ1) is 18.0. The van der Waals surface area contributed by atoms with E-state index in [2.05, 4.69) is 17.4 Å². The van der Waals surface area contributed by atoms with Crippen LogP contribution in [0, 0.1) is 5.92 Å². The van der Waals surface area contributed by atoms with Gasteiger partial charge in [0.2, 0.25) is 5.91 Å². The lowest BCUT2D eigenvalue weighted by Gasteiger charge is -2.17. The molecule has 1 amide bonds. The van der Waals surface area contributed by atoms with Crippen LogP contribution in [0.4, 0.5) is 0 Å². The molecule has 0 saturated heterocycles. The van der Waals surface area contributed by atoms with Crippen molar-refractivity contribution < 1.29 is 9.53 Å². The Morgan fingerprint density at radius 1 is 1.08 bits per heavy atom. The molecule has 4 heteroatoms. The second kappa shape index (κ2) is 8.50. The number of carbonyl (C=O) groups is 1. The van der Waals surface area contributed by atoms with Gasteiger partial charge in [0.25, 0.3) is 0 Å². The van der Waals surface area contributed by atoms with E-state index in [1.165, 1.54) is 0 Å². The van der Waals surface area contributed by atoms with E-state index in [1.54, 1.807) is 7.11 Å². The van der Waals surface area contributed by atoms with Gasteiger partial charge in [0.1, 0.15) is 5.75 Å². The minimum Gasteiger partial charge on any atom is -0.497 e. The molecule has 2 unspecified atom stereocenters. The van der Waals surface area contributed by atoms with Gasteiger partial charge in [0, 0.05) is 6.54 Å². The van der Waals surface area contributed by atoms with Crippen LogP contribution in [0.2, 0.25) is 0 Å². The molecule has 0 radical (unpaired) electrons. The van der Waals surface area contributed by atoms with Gasteiger partial charge in [-0.2, -0.15) is 0 Å². The predicted molar refractivity (Wildman–Crippen MR) is 97.7 cm³/mol. The van der Waals surface area contributed by atoms with Crippen LogP contribution >= 0.6 is 0 Å². The largest absolute Gasteiger partial charge is 0.497 e. The maximum absolute atomic E-state index is 12.0. The van der Waals surface area contributed by atoms with Crippen LogP contribution in [0.15, 0.2) is 48.5 Å². The topological polar surface area (TPSA) is 64.4 Å². The summed E-state index contributed by atoms with van der Waals surface area (Å²) in [4.78, 5) is 12.0. The maximum atomic E-state index is 12.0. The summed E-state index contributed by atoms with van der Waals surface area (Å²) in [6, 6.07) is 15.6. The summed E-state index contributed by atoms with van der Waals surface area (Å²) in [5, 5.41) is 2.91. The van der Waals surface area contributed by atoms with Gasteiger partial charge in [-0.1, -0.05) is 56.7 Å². The van der Waals surface area contributed by atoms with E-state index in [-0.39, 0.29) is 11.8 Å². The van der Waals surface area contributed by atoms with Gasteiger partial charge in [-0.3, -0.25) is 4.79 Å². The average molecular weight is 326 g/mol. The molecule has 0 bridgehead atoms. The Morgan fingerprint density at radius 3 is 2.12 bits per heavy atom. The van der Waals surface area contributed by atoms with E-state index in [9.17, 15) is 4.79 Å². The second-order valence-electron chi connectivity index (χ2n) is 6.05. The zero-order chi connectivity index (χ0) is 17.5. The van der Waals surface area contributed by atoms with Gasteiger partial charge in [0.15, 0.2) is 0 Å². The van der Waals surface area contributed by atoms with Crippen molar-refractivity contribution >= 4 is 5.91 Å². The Balaban J connectivity index is 1.95. The van der Waals surface area contributed by atoms with Gasteiger partial charge in [-0.15, -0.1) is 0 Å². The van der Waals surface area contributed by atoms with Gasteiger partial charge in [-0.05, 0) is 34.7 Å². The number of benzene rings is 2. The highest BCUT2D eigenvalue weighted by Gasteiger charge is 2.18. The number of carbonyl (C=O) groups excluding carboxylic acids is 1. The van der Waals surface area contributed by atoms with Crippen LogP contribution in [0.1, 0.15) is 25.8 Å². The first-order valence-electron chi connectivity index (χ1n) is 8.31. The smallest absolute Gasteiger partial charge is 0.237 e. The third-order valence-electron chi connectivity index (χ3n) is 4.40. The van der Waals surface area contributed by atoms with E-state index in [0.29, 0.717) is 6.54 Å². The number of ether oxygens (including phenoxy) is 1. The molecule has 3 N–H and O–H groups in total. The summed E-state index contributed by atoms with van der Waals surface area (Å²) in [6.45, 7) is 4.52. The number of hydrogen-bond donors (Lipinski definition) is 2. The highest BCUT2D eigenvalue weighted by Crippen LogP contribution is 2.22. The fourth-order valence-electron chi connectivity index (χ4n) is 2.42. The fourth-order valence-corrected chi connectivity index (χ4v) is 2.42. The standard InChI is InChI=1S/C20H26N2O2/c1-4-14(2)19(21)20(23)22-13-15-5-7-16(8-6-15)17-9-11-18(24-3)12-10-17/h5-12,14,19H,4,13,21H2,1-3H3,(H,22,23). The molecule has 0 fully saturated rings. The summed E-state index contributed by atoms with van der Waals surface area (Å²) in [5.41, 5.74) is 9.25. The van der Waals surface area contributed by atoms with Crippen molar-refractivity contribution in [3.8, 4) is 16.9 Å². The molecule has 0 spiro atoms. The van der Waals surface area contributed by atoms with Crippen molar-refractivity contribution in [3.63, 3.8) is 0 Å². The van der Waals surface area contributed by atoms with Crippen LogP contribution in [0.25, 0.3) is 11.1 Å². The third kappa shape index (κ3) is 4.59. The summed E-state index contributed by atoms with van der Waals surface area (Å²) in [5.74, 6) is 0.932. The van der Waals surface area contributed by atoms with Crippen LogP contribution in [0.3, 0.4) is 0 Å². The zero-order valence-corrected chi connectivity index (χ0v) is 14.6. The van der Waals surface area contributed by atoms with Gasteiger partial charge >= 0.3 is 0 Å². The molecule has 2 aromatic rings. The number of methoxy groups -OCH3 is 1. The van der Waals surface area contributed by atoms with Gasteiger partial charge in [0.05, 0.1) is 13.2 Å². The lowest BCUT2D eigenvalue weighted by Crippen LogP contribution is -2.44. The van der Waals surface area contributed by atoms with Crippen molar-refractivity contribution in [3.05, 3.63) is 54.1 Å². The number of nitrogens with two attached hydrogens (primary N) is 1. The van der Waals surface area contributed by atoms with E-state index in [4.69, 9.17) is 10.5 Å².